The van der Waals surface area contributed by atoms with Gasteiger partial charge in [-0.05, 0) is 12.0 Å². The number of nitrogens with zero attached hydrogens (tertiary/aromatic N) is 1. The fourth-order valence-electron chi connectivity index (χ4n) is 1.98. The van der Waals surface area contributed by atoms with Crippen molar-refractivity contribution in [1.82, 2.24) is 4.90 Å². The fourth-order valence-corrected chi connectivity index (χ4v) is 2.92. The summed E-state index contributed by atoms with van der Waals surface area (Å²) < 4.78 is 10.6. The summed E-state index contributed by atoms with van der Waals surface area (Å²) >= 11 is 1.19. The second kappa shape index (κ2) is 6.91. The van der Waals surface area contributed by atoms with E-state index in [0.717, 1.165) is 4.88 Å². The van der Waals surface area contributed by atoms with E-state index >= 15 is 0 Å². The first-order valence-corrected chi connectivity index (χ1v) is 7.66. The average molecular weight is 313 g/mol. The number of carboxylic acid groups (broad SMARTS) is 1. The number of carbonyl (C=O) groups excluding carboxylic acids is 1. The van der Waals surface area contributed by atoms with E-state index in [-0.39, 0.29) is 29.1 Å². The van der Waals surface area contributed by atoms with Crippen LogP contribution in [0.15, 0.2) is 6.07 Å². The van der Waals surface area contributed by atoms with Gasteiger partial charge in [0, 0.05) is 18.0 Å². The Kier molecular flexibility index (Phi) is 5.19. The van der Waals surface area contributed by atoms with Crippen LogP contribution >= 0.6 is 11.3 Å². The Morgan fingerprint density at radius 3 is 2.67 bits per heavy atom. The van der Waals surface area contributed by atoms with Crippen molar-refractivity contribution >= 4 is 23.2 Å². The molecular weight excluding hydrogens is 294 g/mol. The van der Waals surface area contributed by atoms with Crippen molar-refractivity contribution in [1.29, 1.82) is 0 Å². The van der Waals surface area contributed by atoms with Crippen LogP contribution < -0.4 is 4.74 Å². The molecule has 0 bridgehead atoms. The highest BCUT2D eigenvalue weighted by Gasteiger charge is 2.21. The maximum atomic E-state index is 12.0. The minimum absolute atomic E-state index is 0.144. The highest BCUT2D eigenvalue weighted by molar-refractivity contribution is 7.14. The first-order chi connectivity index (χ1) is 9.99. The number of hydrogen-bond acceptors (Lipinski definition) is 5. The number of thiophene rings is 1. The lowest BCUT2D eigenvalue weighted by Crippen LogP contribution is -2.43. The van der Waals surface area contributed by atoms with Gasteiger partial charge in [-0.25, -0.2) is 4.79 Å². The highest BCUT2D eigenvalue weighted by atomic mass is 32.1. The van der Waals surface area contributed by atoms with E-state index in [1.807, 2.05) is 13.8 Å². The topological polar surface area (TPSA) is 76.1 Å². The Bertz CT molecular complexity index is 519. The van der Waals surface area contributed by atoms with Crippen LogP contribution in [0.25, 0.3) is 0 Å². The van der Waals surface area contributed by atoms with Crippen molar-refractivity contribution in [3.63, 3.8) is 0 Å². The van der Waals surface area contributed by atoms with Gasteiger partial charge in [0.05, 0.1) is 13.2 Å². The Balaban J connectivity index is 2.01. The maximum Gasteiger partial charge on any atom is 0.349 e. The zero-order valence-corrected chi connectivity index (χ0v) is 12.9. The lowest BCUT2D eigenvalue weighted by Gasteiger charge is -2.26. The van der Waals surface area contributed by atoms with Crippen LogP contribution in [0.2, 0.25) is 0 Å². The largest absolute Gasteiger partial charge is 0.482 e. The lowest BCUT2D eigenvalue weighted by molar-refractivity contribution is -0.137. The van der Waals surface area contributed by atoms with Crippen LogP contribution in [0.5, 0.6) is 5.75 Å². The van der Waals surface area contributed by atoms with E-state index in [2.05, 4.69) is 0 Å². The summed E-state index contributed by atoms with van der Waals surface area (Å²) in [5.41, 5.74) is 0. The zero-order chi connectivity index (χ0) is 15.4. The van der Waals surface area contributed by atoms with Crippen LogP contribution in [0.1, 0.15) is 34.3 Å². The second-order valence-electron chi connectivity index (χ2n) is 5.08. The number of ether oxygens (including phenoxy) is 2. The van der Waals surface area contributed by atoms with Gasteiger partial charge in [-0.1, -0.05) is 13.8 Å². The van der Waals surface area contributed by atoms with Gasteiger partial charge in [0.2, 0.25) is 0 Å². The minimum Gasteiger partial charge on any atom is -0.482 e. The van der Waals surface area contributed by atoms with Gasteiger partial charge in [0.1, 0.15) is 5.75 Å². The number of hydrogen-bond donors (Lipinski definition) is 1. The van der Waals surface area contributed by atoms with Crippen molar-refractivity contribution in [3.8, 4) is 5.75 Å². The van der Waals surface area contributed by atoms with E-state index < -0.39 is 5.97 Å². The first kappa shape index (κ1) is 15.8. The zero-order valence-electron chi connectivity index (χ0n) is 12.1. The highest BCUT2D eigenvalue weighted by Crippen LogP contribution is 2.33. The summed E-state index contributed by atoms with van der Waals surface area (Å²) in [5.74, 6) is -0.675. The second-order valence-corrected chi connectivity index (χ2v) is 6.17. The number of rotatable bonds is 5. The lowest BCUT2D eigenvalue weighted by atomic mass is 10.2. The molecule has 0 aromatic carbocycles. The summed E-state index contributed by atoms with van der Waals surface area (Å²) in [5, 5.41) is 9.19. The van der Waals surface area contributed by atoms with Gasteiger partial charge in [0.25, 0.3) is 5.91 Å². The molecule has 1 N–H and O–H groups in total. The van der Waals surface area contributed by atoms with Crippen LogP contribution in [-0.2, 0) is 9.53 Å². The van der Waals surface area contributed by atoms with Crippen molar-refractivity contribution in [2.24, 2.45) is 0 Å². The van der Waals surface area contributed by atoms with Crippen LogP contribution in [0.3, 0.4) is 0 Å². The molecule has 0 saturated carbocycles. The molecule has 1 aliphatic heterocycles. The Labute approximate surface area is 127 Å². The van der Waals surface area contributed by atoms with E-state index in [4.69, 9.17) is 9.47 Å². The molecule has 0 spiro atoms. The molecule has 1 fully saturated rings. The third-order valence-electron chi connectivity index (χ3n) is 3.20. The van der Waals surface area contributed by atoms with Crippen molar-refractivity contribution in [2.45, 2.75) is 19.8 Å². The van der Waals surface area contributed by atoms with Crippen LogP contribution in [-0.4, -0.2) is 54.8 Å². The first-order valence-electron chi connectivity index (χ1n) is 6.84. The summed E-state index contributed by atoms with van der Waals surface area (Å²) in [4.78, 5) is 26.0. The summed E-state index contributed by atoms with van der Waals surface area (Å²) in [6, 6.07) is 1.71. The number of morpholine rings is 1. The molecule has 7 heteroatoms. The molecule has 2 rings (SSSR count). The average Bonchev–Trinajstić information content (AvgIpc) is 2.90. The van der Waals surface area contributed by atoms with E-state index in [1.54, 1.807) is 11.0 Å². The molecular formula is C14H19NO5S. The van der Waals surface area contributed by atoms with E-state index in [0.29, 0.717) is 26.3 Å². The van der Waals surface area contributed by atoms with Crippen LogP contribution in [0.4, 0.5) is 0 Å². The van der Waals surface area contributed by atoms with Gasteiger partial charge >= 0.3 is 5.97 Å². The molecule has 0 unspecified atom stereocenters. The summed E-state index contributed by atoms with van der Waals surface area (Å²) in [6.45, 7) is 5.99. The standard InChI is InChI=1S/C14H19NO5S/c1-9(2)11-7-10(13(21-11)14(17)18)20-8-12(16)15-3-5-19-6-4-15/h7,9H,3-6,8H2,1-2H3,(H,17,18). The van der Waals surface area contributed by atoms with E-state index in [1.165, 1.54) is 11.3 Å². The molecule has 6 nitrogen and oxygen atoms in total. The van der Waals surface area contributed by atoms with Gasteiger partial charge in [-0.3, -0.25) is 4.79 Å². The normalized spacial score (nSPS) is 15.3. The van der Waals surface area contributed by atoms with E-state index in [9.17, 15) is 14.7 Å². The molecule has 1 saturated heterocycles. The third kappa shape index (κ3) is 3.95. The maximum absolute atomic E-state index is 12.0. The number of aromatic carboxylic acids is 1. The molecule has 0 aliphatic carbocycles. The van der Waals surface area contributed by atoms with Gasteiger partial charge in [-0.15, -0.1) is 11.3 Å². The molecule has 116 valence electrons. The molecule has 0 radical (unpaired) electrons. The Morgan fingerprint density at radius 2 is 2.10 bits per heavy atom. The molecule has 1 aromatic heterocycles. The molecule has 1 aliphatic rings. The fraction of sp³-hybridized carbons (Fsp3) is 0.571. The Morgan fingerprint density at radius 1 is 1.43 bits per heavy atom. The molecule has 0 atom stereocenters. The number of carboxylic acids is 1. The number of amides is 1. The smallest absolute Gasteiger partial charge is 0.349 e. The van der Waals surface area contributed by atoms with Crippen molar-refractivity contribution in [3.05, 3.63) is 15.8 Å². The minimum atomic E-state index is -1.03. The quantitative estimate of drug-likeness (QED) is 0.897. The predicted octanol–water partition coefficient (Wildman–Crippen LogP) is 1.81. The van der Waals surface area contributed by atoms with Crippen molar-refractivity contribution < 1.29 is 24.2 Å². The molecule has 21 heavy (non-hydrogen) atoms. The summed E-state index contributed by atoms with van der Waals surface area (Å²) in [7, 11) is 0. The number of carbonyl (C=O) groups is 2. The molecule has 1 aromatic rings. The van der Waals surface area contributed by atoms with Crippen molar-refractivity contribution in [2.75, 3.05) is 32.9 Å². The molecule has 1 amide bonds. The monoisotopic (exact) mass is 313 g/mol. The third-order valence-corrected chi connectivity index (χ3v) is 4.60. The summed E-state index contributed by atoms with van der Waals surface area (Å²) in [6.07, 6.45) is 0. The Hall–Kier alpha value is -1.60. The van der Waals surface area contributed by atoms with Crippen LogP contribution in [0, 0.1) is 0 Å². The van der Waals surface area contributed by atoms with Gasteiger partial charge in [0.15, 0.2) is 11.5 Å². The predicted molar refractivity (Wildman–Crippen MR) is 78.3 cm³/mol. The molecule has 2 heterocycles. The van der Waals surface area contributed by atoms with Gasteiger partial charge < -0.3 is 19.5 Å². The van der Waals surface area contributed by atoms with Gasteiger partial charge in [-0.2, -0.15) is 0 Å². The SMILES string of the molecule is CC(C)c1cc(OCC(=O)N2CCOCC2)c(C(=O)O)s1.